The van der Waals surface area contributed by atoms with E-state index in [1.165, 1.54) is 11.3 Å². The van der Waals surface area contributed by atoms with Gasteiger partial charge >= 0.3 is 6.03 Å². The number of hydrogen-bond acceptors (Lipinski definition) is 5. The van der Waals surface area contributed by atoms with Gasteiger partial charge in [-0.15, -0.1) is 11.3 Å². The molecule has 0 bridgehead atoms. The molecule has 0 aliphatic carbocycles. The van der Waals surface area contributed by atoms with E-state index >= 15 is 0 Å². The molecular formula is C16H16N4O3S. The molecule has 7 nitrogen and oxygen atoms in total. The summed E-state index contributed by atoms with van der Waals surface area (Å²) in [6, 6.07) is 7.90. The minimum atomic E-state index is -0.845. The van der Waals surface area contributed by atoms with E-state index in [0.29, 0.717) is 5.13 Å². The minimum absolute atomic E-state index is 0.117. The summed E-state index contributed by atoms with van der Waals surface area (Å²) >= 11 is 1.31. The molecule has 1 aromatic heterocycles. The maximum atomic E-state index is 12.4. The van der Waals surface area contributed by atoms with Crippen LogP contribution in [0.5, 0.6) is 0 Å². The first-order valence-corrected chi connectivity index (χ1v) is 8.28. The Morgan fingerprint density at radius 2 is 2.08 bits per heavy atom. The molecule has 1 aliphatic rings. The second kappa shape index (κ2) is 6.79. The number of aryl methyl sites for hydroxylation is 1. The molecule has 8 heteroatoms. The largest absolute Gasteiger partial charge is 0.325 e. The smallest absolute Gasteiger partial charge is 0.325 e. The number of rotatable bonds is 5. The quantitative estimate of drug-likeness (QED) is 0.811. The molecule has 24 heavy (non-hydrogen) atoms. The van der Waals surface area contributed by atoms with Gasteiger partial charge in [-0.3, -0.25) is 14.5 Å². The van der Waals surface area contributed by atoms with Crippen molar-refractivity contribution in [1.82, 2.24) is 15.2 Å². The summed E-state index contributed by atoms with van der Waals surface area (Å²) in [5.74, 6) is -0.751. The summed E-state index contributed by atoms with van der Waals surface area (Å²) in [7, 11) is 0. The Labute approximate surface area is 142 Å². The molecule has 0 spiro atoms. The molecular weight excluding hydrogens is 328 g/mol. The fourth-order valence-corrected chi connectivity index (χ4v) is 3.10. The fraction of sp³-hybridized carbons (Fsp3) is 0.250. The Morgan fingerprint density at radius 1 is 1.33 bits per heavy atom. The van der Waals surface area contributed by atoms with Gasteiger partial charge in [-0.05, 0) is 12.5 Å². The third-order valence-electron chi connectivity index (χ3n) is 3.55. The van der Waals surface area contributed by atoms with Crippen molar-refractivity contribution in [3.8, 4) is 0 Å². The summed E-state index contributed by atoms with van der Waals surface area (Å²) in [6.07, 6.45) is -0.117. The number of carbonyl (C=O) groups is 3. The molecule has 2 heterocycles. The molecule has 1 atom stereocenters. The van der Waals surface area contributed by atoms with E-state index in [9.17, 15) is 14.4 Å². The van der Waals surface area contributed by atoms with Gasteiger partial charge in [0.25, 0.3) is 5.91 Å². The first-order chi connectivity index (χ1) is 11.5. The summed E-state index contributed by atoms with van der Waals surface area (Å²) < 4.78 is 0. The second-order valence-corrected chi connectivity index (χ2v) is 6.32. The Kier molecular flexibility index (Phi) is 4.57. The van der Waals surface area contributed by atoms with Gasteiger partial charge in [0.05, 0.1) is 18.7 Å². The van der Waals surface area contributed by atoms with Crippen molar-refractivity contribution in [2.75, 3.05) is 5.32 Å². The Bertz CT molecular complexity index is 775. The maximum Gasteiger partial charge on any atom is 0.325 e. The van der Waals surface area contributed by atoms with Crippen molar-refractivity contribution < 1.29 is 14.4 Å². The van der Waals surface area contributed by atoms with Crippen LogP contribution in [0.25, 0.3) is 0 Å². The van der Waals surface area contributed by atoms with Gasteiger partial charge in [-0.1, -0.05) is 30.3 Å². The molecule has 4 amide bonds. The lowest BCUT2D eigenvalue weighted by molar-refractivity contribution is -0.130. The van der Waals surface area contributed by atoms with Crippen LogP contribution in [-0.4, -0.2) is 33.8 Å². The predicted octanol–water partition coefficient (Wildman–Crippen LogP) is 1.90. The van der Waals surface area contributed by atoms with Gasteiger partial charge in [0.1, 0.15) is 6.04 Å². The molecule has 1 aromatic carbocycles. The van der Waals surface area contributed by atoms with Gasteiger partial charge in [0.2, 0.25) is 5.91 Å². The number of aromatic nitrogens is 1. The van der Waals surface area contributed by atoms with Crippen LogP contribution < -0.4 is 10.6 Å². The van der Waals surface area contributed by atoms with Crippen LogP contribution in [0.3, 0.4) is 0 Å². The van der Waals surface area contributed by atoms with Crippen LogP contribution in [0.4, 0.5) is 9.93 Å². The molecule has 0 radical (unpaired) electrons. The lowest BCUT2D eigenvalue weighted by Gasteiger charge is -2.12. The number of amides is 4. The number of nitrogens with one attached hydrogen (secondary N) is 2. The third-order valence-corrected chi connectivity index (χ3v) is 4.42. The second-order valence-electron chi connectivity index (χ2n) is 5.46. The maximum absolute atomic E-state index is 12.4. The molecule has 1 aliphatic heterocycles. The SMILES string of the molecule is Cc1csc(NC(=O)CC2NC(=O)N(Cc3ccccc3)C2=O)n1. The normalized spacial score (nSPS) is 17.0. The van der Waals surface area contributed by atoms with E-state index in [2.05, 4.69) is 15.6 Å². The zero-order valence-corrected chi connectivity index (χ0v) is 13.8. The van der Waals surface area contributed by atoms with E-state index in [1.807, 2.05) is 42.6 Å². The number of carbonyl (C=O) groups excluding carboxylic acids is 3. The molecule has 124 valence electrons. The third kappa shape index (κ3) is 3.60. The van der Waals surface area contributed by atoms with Crippen LogP contribution in [0.1, 0.15) is 17.7 Å². The number of nitrogens with zero attached hydrogens (tertiary/aromatic N) is 2. The van der Waals surface area contributed by atoms with Crippen molar-refractivity contribution in [3.05, 3.63) is 47.0 Å². The molecule has 1 saturated heterocycles. The standard InChI is InChI=1S/C16H16N4O3S/c1-10-9-24-15(17-10)19-13(21)7-12-14(22)20(16(23)18-12)8-11-5-3-2-4-6-11/h2-6,9,12H,7-8H2,1H3,(H,18,23)(H,17,19,21). The Hall–Kier alpha value is -2.74. The van der Waals surface area contributed by atoms with Crippen molar-refractivity contribution in [1.29, 1.82) is 0 Å². The summed E-state index contributed by atoms with van der Waals surface area (Å²) in [4.78, 5) is 41.6. The van der Waals surface area contributed by atoms with Crippen molar-refractivity contribution in [2.24, 2.45) is 0 Å². The van der Waals surface area contributed by atoms with Crippen molar-refractivity contribution in [3.63, 3.8) is 0 Å². The molecule has 3 rings (SSSR count). The predicted molar refractivity (Wildman–Crippen MR) is 89.4 cm³/mol. The lowest BCUT2D eigenvalue weighted by Crippen LogP contribution is -2.34. The van der Waals surface area contributed by atoms with Gasteiger partial charge in [-0.2, -0.15) is 0 Å². The molecule has 2 aromatic rings. The van der Waals surface area contributed by atoms with E-state index in [-0.39, 0.29) is 18.9 Å². The van der Waals surface area contributed by atoms with Crippen LogP contribution in [0, 0.1) is 6.92 Å². The number of thiazole rings is 1. The fourth-order valence-electron chi connectivity index (χ4n) is 2.40. The Balaban J connectivity index is 1.60. The molecule has 0 saturated carbocycles. The highest BCUT2D eigenvalue weighted by atomic mass is 32.1. The highest BCUT2D eigenvalue weighted by Gasteiger charge is 2.39. The highest BCUT2D eigenvalue weighted by molar-refractivity contribution is 7.13. The average Bonchev–Trinajstić information content (AvgIpc) is 3.07. The van der Waals surface area contributed by atoms with E-state index < -0.39 is 18.0 Å². The van der Waals surface area contributed by atoms with Crippen LogP contribution in [0.2, 0.25) is 0 Å². The highest BCUT2D eigenvalue weighted by Crippen LogP contribution is 2.17. The average molecular weight is 344 g/mol. The van der Waals surface area contributed by atoms with Crippen LogP contribution >= 0.6 is 11.3 Å². The Morgan fingerprint density at radius 3 is 2.75 bits per heavy atom. The van der Waals surface area contributed by atoms with E-state index in [1.54, 1.807) is 0 Å². The van der Waals surface area contributed by atoms with Gasteiger partial charge in [0.15, 0.2) is 5.13 Å². The van der Waals surface area contributed by atoms with E-state index in [0.717, 1.165) is 16.2 Å². The van der Waals surface area contributed by atoms with Gasteiger partial charge in [0, 0.05) is 5.38 Å². The zero-order valence-electron chi connectivity index (χ0n) is 13.0. The number of urea groups is 1. The number of imide groups is 1. The molecule has 1 fully saturated rings. The number of anilines is 1. The van der Waals surface area contributed by atoms with E-state index in [4.69, 9.17) is 0 Å². The first-order valence-electron chi connectivity index (χ1n) is 7.40. The lowest BCUT2D eigenvalue weighted by atomic mass is 10.2. The zero-order chi connectivity index (χ0) is 17.1. The summed E-state index contributed by atoms with van der Waals surface area (Å²) in [5.41, 5.74) is 1.67. The first kappa shape index (κ1) is 16.1. The molecule has 1 unspecified atom stereocenters. The molecule has 2 N–H and O–H groups in total. The monoisotopic (exact) mass is 344 g/mol. The van der Waals surface area contributed by atoms with Crippen molar-refractivity contribution >= 4 is 34.3 Å². The summed E-state index contributed by atoms with van der Waals surface area (Å²) in [6.45, 7) is 2.02. The van der Waals surface area contributed by atoms with Gasteiger partial charge < -0.3 is 10.6 Å². The number of hydrogen-bond donors (Lipinski definition) is 2. The minimum Gasteiger partial charge on any atom is -0.325 e. The van der Waals surface area contributed by atoms with Crippen LogP contribution in [0.15, 0.2) is 35.7 Å². The van der Waals surface area contributed by atoms with Crippen LogP contribution in [-0.2, 0) is 16.1 Å². The van der Waals surface area contributed by atoms with Crippen molar-refractivity contribution in [2.45, 2.75) is 25.9 Å². The van der Waals surface area contributed by atoms with Gasteiger partial charge in [-0.25, -0.2) is 9.78 Å². The topological polar surface area (TPSA) is 91.4 Å². The summed E-state index contributed by atoms with van der Waals surface area (Å²) in [5, 5.41) is 7.49. The number of benzene rings is 1.